The topological polar surface area (TPSA) is 63.3 Å². The fourth-order valence-corrected chi connectivity index (χ4v) is 1.86. The lowest BCUT2D eigenvalue weighted by atomic mass is 9.80. The first kappa shape index (κ1) is 8.53. The second kappa shape index (κ2) is 3.22. The molecule has 3 atom stereocenters. The van der Waals surface area contributed by atoms with Crippen molar-refractivity contribution in [2.45, 2.75) is 32.2 Å². The van der Waals surface area contributed by atoms with Gasteiger partial charge in [0.15, 0.2) is 0 Å². The normalized spacial score (nSPS) is 38.5. The minimum atomic E-state index is -0.688. The lowest BCUT2D eigenvalue weighted by Gasteiger charge is -2.28. The van der Waals surface area contributed by atoms with E-state index in [-0.39, 0.29) is 12.0 Å². The Morgan fingerprint density at radius 2 is 2.09 bits per heavy atom. The predicted molar refractivity (Wildman–Crippen MR) is 42.1 cm³/mol. The maximum atomic E-state index is 10.6. The summed E-state index contributed by atoms with van der Waals surface area (Å²) >= 11 is 0. The molecule has 0 heterocycles. The van der Waals surface area contributed by atoms with Crippen molar-refractivity contribution in [1.82, 2.24) is 0 Å². The van der Waals surface area contributed by atoms with Crippen LogP contribution in [0.4, 0.5) is 0 Å². The van der Waals surface area contributed by atoms with Gasteiger partial charge in [0.1, 0.15) is 0 Å². The van der Waals surface area contributed by atoms with Gasteiger partial charge in [0, 0.05) is 6.04 Å². The fraction of sp³-hybridized carbons (Fsp3) is 0.875. The van der Waals surface area contributed by atoms with E-state index in [2.05, 4.69) is 6.92 Å². The molecule has 3 N–H and O–H groups in total. The average molecular weight is 157 g/mol. The highest BCUT2D eigenvalue weighted by Gasteiger charge is 2.28. The second-order valence-electron chi connectivity index (χ2n) is 3.61. The van der Waals surface area contributed by atoms with Gasteiger partial charge in [-0.05, 0) is 25.2 Å². The summed E-state index contributed by atoms with van der Waals surface area (Å²) in [6.45, 7) is 2.06. The molecular weight excluding hydrogens is 142 g/mol. The number of hydrogen-bond acceptors (Lipinski definition) is 2. The predicted octanol–water partition coefficient (Wildman–Crippen LogP) is 0.834. The van der Waals surface area contributed by atoms with Gasteiger partial charge >= 0.3 is 5.97 Å². The lowest BCUT2D eigenvalue weighted by molar-refractivity contribution is -0.143. The van der Waals surface area contributed by atoms with Gasteiger partial charge in [-0.25, -0.2) is 0 Å². The Morgan fingerprint density at radius 1 is 1.45 bits per heavy atom. The Labute approximate surface area is 66.6 Å². The summed E-state index contributed by atoms with van der Waals surface area (Å²) in [5.41, 5.74) is 5.69. The maximum absolute atomic E-state index is 10.6. The highest BCUT2D eigenvalue weighted by molar-refractivity contribution is 5.70. The van der Waals surface area contributed by atoms with Crippen LogP contribution in [0.2, 0.25) is 0 Å². The number of rotatable bonds is 1. The standard InChI is InChI=1S/C8H15NO2/c1-5-2-6(8(10)11)4-7(9)3-5/h5-7H,2-4,9H2,1H3,(H,10,11)/t5-,6+,7+/m0/s1. The summed E-state index contributed by atoms with van der Waals surface area (Å²) in [5, 5.41) is 8.72. The Kier molecular flexibility index (Phi) is 2.49. The number of carboxylic acid groups (broad SMARTS) is 1. The molecule has 0 bridgehead atoms. The molecule has 0 aromatic rings. The Bertz CT molecular complexity index is 148. The third kappa shape index (κ3) is 2.19. The van der Waals surface area contributed by atoms with Crippen molar-refractivity contribution < 1.29 is 9.90 Å². The van der Waals surface area contributed by atoms with Crippen LogP contribution in [0.3, 0.4) is 0 Å². The number of aliphatic carboxylic acids is 1. The highest BCUT2D eigenvalue weighted by atomic mass is 16.4. The fourth-order valence-electron chi connectivity index (χ4n) is 1.86. The number of hydrogen-bond donors (Lipinski definition) is 2. The zero-order valence-electron chi connectivity index (χ0n) is 6.79. The van der Waals surface area contributed by atoms with Crippen molar-refractivity contribution in [1.29, 1.82) is 0 Å². The maximum Gasteiger partial charge on any atom is 0.306 e. The third-order valence-corrected chi connectivity index (χ3v) is 2.33. The molecule has 0 aromatic heterocycles. The lowest BCUT2D eigenvalue weighted by Crippen LogP contribution is -2.35. The van der Waals surface area contributed by atoms with Crippen molar-refractivity contribution in [2.24, 2.45) is 17.6 Å². The third-order valence-electron chi connectivity index (χ3n) is 2.33. The van der Waals surface area contributed by atoms with Gasteiger partial charge in [0.2, 0.25) is 0 Å². The molecule has 64 valence electrons. The van der Waals surface area contributed by atoms with E-state index in [0.29, 0.717) is 12.3 Å². The summed E-state index contributed by atoms with van der Waals surface area (Å²) in [4.78, 5) is 10.6. The summed E-state index contributed by atoms with van der Waals surface area (Å²) in [7, 11) is 0. The average Bonchev–Trinajstić information content (AvgIpc) is 1.85. The quantitative estimate of drug-likeness (QED) is 0.592. The summed E-state index contributed by atoms with van der Waals surface area (Å²) in [6.07, 6.45) is 2.42. The van der Waals surface area contributed by atoms with Crippen LogP contribution in [0.5, 0.6) is 0 Å². The van der Waals surface area contributed by atoms with E-state index in [1.807, 2.05) is 0 Å². The number of carboxylic acids is 1. The van der Waals surface area contributed by atoms with E-state index in [0.717, 1.165) is 12.8 Å². The van der Waals surface area contributed by atoms with Crippen molar-refractivity contribution in [2.75, 3.05) is 0 Å². The van der Waals surface area contributed by atoms with Gasteiger partial charge in [-0.1, -0.05) is 6.92 Å². The molecule has 0 radical (unpaired) electrons. The molecule has 0 aromatic carbocycles. The van der Waals surface area contributed by atoms with E-state index >= 15 is 0 Å². The molecule has 1 aliphatic rings. The highest BCUT2D eigenvalue weighted by Crippen LogP contribution is 2.27. The van der Waals surface area contributed by atoms with Crippen molar-refractivity contribution in [3.63, 3.8) is 0 Å². The largest absolute Gasteiger partial charge is 0.481 e. The van der Waals surface area contributed by atoms with Gasteiger partial charge in [-0.2, -0.15) is 0 Å². The molecule has 1 fully saturated rings. The van der Waals surface area contributed by atoms with Crippen LogP contribution >= 0.6 is 0 Å². The van der Waals surface area contributed by atoms with E-state index in [1.54, 1.807) is 0 Å². The zero-order chi connectivity index (χ0) is 8.43. The Morgan fingerprint density at radius 3 is 2.55 bits per heavy atom. The van der Waals surface area contributed by atoms with Crippen LogP contribution in [-0.4, -0.2) is 17.1 Å². The molecule has 11 heavy (non-hydrogen) atoms. The monoisotopic (exact) mass is 157 g/mol. The van der Waals surface area contributed by atoms with Crippen LogP contribution in [0.25, 0.3) is 0 Å². The molecule has 3 nitrogen and oxygen atoms in total. The molecule has 0 amide bonds. The smallest absolute Gasteiger partial charge is 0.306 e. The molecule has 0 unspecified atom stereocenters. The zero-order valence-corrected chi connectivity index (χ0v) is 6.79. The van der Waals surface area contributed by atoms with E-state index in [1.165, 1.54) is 0 Å². The molecule has 0 spiro atoms. The van der Waals surface area contributed by atoms with Crippen LogP contribution in [0.1, 0.15) is 26.2 Å². The Balaban J connectivity index is 2.49. The summed E-state index contributed by atoms with van der Waals surface area (Å²) < 4.78 is 0. The molecule has 1 rings (SSSR count). The molecule has 1 aliphatic carbocycles. The van der Waals surface area contributed by atoms with Crippen molar-refractivity contribution >= 4 is 5.97 Å². The molecule has 1 saturated carbocycles. The van der Waals surface area contributed by atoms with Crippen LogP contribution in [0.15, 0.2) is 0 Å². The van der Waals surface area contributed by atoms with E-state index in [9.17, 15) is 4.79 Å². The first-order valence-electron chi connectivity index (χ1n) is 4.08. The van der Waals surface area contributed by atoms with Crippen LogP contribution < -0.4 is 5.73 Å². The van der Waals surface area contributed by atoms with E-state index < -0.39 is 5.97 Å². The Hall–Kier alpha value is -0.570. The van der Waals surface area contributed by atoms with Gasteiger partial charge in [-0.3, -0.25) is 4.79 Å². The van der Waals surface area contributed by atoms with Crippen molar-refractivity contribution in [3.05, 3.63) is 0 Å². The minimum absolute atomic E-state index is 0.0971. The minimum Gasteiger partial charge on any atom is -0.481 e. The van der Waals surface area contributed by atoms with Crippen molar-refractivity contribution in [3.8, 4) is 0 Å². The van der Waals surface area contributed by atoms with E-state index in [4.69, 9.17) is 10.8 Å². The number of carbonyl (C=O) groups is 1. The van der Waals surface area contributed by atoms with Crippen LogP contribution in [-0.2, 0) is 4.79 Å². The summed E-state index contributed by atoms with van der Waals surface area (Å²) in [6, 6.07) is 0.0971. The molecule has 0 saturated heterocycles. The second-order valence-corrected chi connectivity index (χ2v) is 3.61. The first-order chi connectivity index (χ1) is 5.09. The first-order valence-corrected chi connectivity index (χ1v) is 4.08. The summed E-state index contributed by atoms with van der Waals surface area (Å²) in [5.74, 6) is -0.416. The molecule has 3 heteroatoms. The molecule has 0 aliphatic heterocycles. The van der Waals surface area contributed by atoms with Gasteiger partial charge in [0.05, 0.1) is 5.92 Å². The molecular formula is C8H15NO2. The number of nitrogens with two attached hydrogens (primary N) is 1. The SMILES string of the molecule is C[C@@H]1C[C@@H](N)C[C@H](C(=O)O)C1. The van der Waals surface area contributed by atoms with Crippen LogP contribution in [0, 0.1) is 11.8 Å². The van der Waals surface area contributed by atoms with Gasteiger partial charge in [0.25, 0.3) is 0 Å². The van der Waals surface area contributed by atoms with Gasteiger partial charge < -0.3 is 10.8 Å². The van der Waals surface area contributed by atoms with Gasteiger partial charge in [-0.15, -0.1) is 0 Å².